The Morgan fingerprint density at radius 1 is 1.73 bits per heavy atom. The summed E-state index contributed by atoms with van der Waals surface area (Å²) in [6.45, 7) is 3.25. The van der Waals surface area contributed by atoms with E-state index in [1.165, 1.54) is 18.5 Å². The van der Waals surface area contributed by atoms with Crippen molar-refractivity contribution in [1.82, 2.24) is 10.3 Å². The Hall–Kier alpha value is -0.450. The maximum Gasteiger partial charge on any atom is 0.122 e. The number of nitrogens with one attached hydrogen (secondary N) is 1. The van der Waals surface area contributed by atoms with Gasteiger partial charge in [-0.2, -0.15) is 0 Å². The smallest absolute Gasteiger partial charge is 0.122 e. The molecule has 0 spiro atoms. The van der Waals surface area contributed by atoms with E-state index < -0.39 is 0 Å². The topological polar surface area (TPSA) is 34.1 Å². The summed E-state index contributed by atoms with van der Waals surface area (Å²) < 4.78 is 5.39. The van der Waals surface area contributed by atoms with Crippen molar-refractivity contribution in [3.63, 3.8) is 0 Å². The van der Waals surface area contributed by atoms with Crippen molar-refractivity contribution in [3.8, 4) is 0 Å². The van der Waals surface area contributed by atoms with E-state index in [1.807, 2.05) is 0 Å². The van der Waals surface area contributed by atoms with Gasteiger partial charge in [-0.05, 0) is 25.8 Å². The number of methoxy groups -OCH3 is 1. The molecule has 0 radical (unpaired) electrons. The quantitative estimate of drug-likeness (QED) is 0.857. The van der Waals surface area contributed by atoms with Gasteiger partial charge in [-0.1, -0.05) is 6.92 Å². The highest BCUT2D eigenvalue weighted by atomic mass is 32.1. The molecule has 0 amide bonds. The minimum Gasteiger partial charge on any atom is -0.374 e. The predicted molar refractivity (Wildman–Crippen MR) is 62.1 cm³/mol. The zero-order chi connectivity index (χ0) is 10.7. The van der Waals surface area contributed by atoms with Crippen molar-refractivity contribution < 1.29 is 4.74 Å². The second kappa shape index (κ2) is 5.05. The molecule has 1 aliphatic rings. The first kappa shape index (κ1) is 11.0. The molecule has 0 saturated carbocycles. The van der Waals surface area contributed by atoms with Gasteiger partial charge in [0.1, 0.15) is 11.1 Å². The van der Waals surface area contributed by atoms with Crippen LogP contribution in [0.15, 0.2) is 5.38 Å². The lowest BCUT2D eigenvalue weighted by molar-refractivity contribution is 0.0996. The van der Waals surface area contributed by atoms with Crippen molar-refractivity contribution >= 4 is 11.3 Å². The second-order valence-electron chi connectivity index (χ2n) is 3.89. The summed E-state index contributed by atoms with van der Waals surface area (Å²) in [4.78, 5) is 4.67. The second-order valence-corrected chi connectivity index (χ2v) is 4.78. The fourth-order valence-electron chi connectivity index (χ4n) is 1.99. The molecular weight excluding hydrogens is 208 g/mol. The van der Waals surface area contributed by atoms with E-state index in [-0.39, 0.29) is 6.10 Å². The summed E-state index contributed by atoms with van der Waals surface area (Å²) in [5, 5.41) is 6.75. The summed E-state index contributed by atoms with van der Waals surface area (Å²) in [6.07, 6.45) is 3.64. The first-order valence-electron chi connectivity index (χ1n) is 5.56. The molecule has 0 aromatic carbocycles. The Kier molecular flexibility index (Phi) is 3.72. The Morgan fingerprint density at radius 2 is 2.60 bits per heavy atom. The van der Waals surface area contributed by atoms with Gasteiger partial charge in [-0.25, -0.2) is 4.98 Å². The molecule has 15 heavy (non-hydrogen) atoms. The largest absolute Gasteiger partial charge is 0.374 e. The van der Waals surface area contributed by atoms with Crippen molar-refractivity contribution in [2.45, 2.75) is 38.3 Å². The summed E-state index contributed by atoms with van der Waals surface area (Å²) in [5.74, 6) is 0. The number of hydrogen-bond acceptors (Lipinski definition) is 4. The monoisotopic (exact) mass is 226 g/mol. The molecule has 0 aliphatic carbocycles. The first-order valence-corrected chi connectivity index (χ1v) is 6.44. The number of rotatable bonds is 4. The number of ether oxygens (including phenoxy) is 1. The van der Waals surface area contributed by atoms with Gasteiger partial charge in [0.25, 0.3) is 0 Å². The van der Waals surface area contributed by atoms with Crippen LogP contribution in [0.25, 0.3) is 0 Å². The first-order chi connectivity index (χ1) is 7.35. The molecule has 2 heterocycles. The fraction of sp³-hybridized carbons (Fsp3) is 0.727. The molecule has 0 bridgehead atoms. The number of thiazole rings is 1. The Morgan fingerprint density at radius 3 is 3.20 bits per heavy atom. The molecular formula is C11H18N2OS. The van der Waals surface area contributed by atoms with Gasteiger partial charge in [-0.3, -0.25) is 0 Å². The fourth-order valence-corrected chi connectivity index (χ4v) is 3.02. The lowest BCUT2D eigenvalue weighted by Gasteiger charge is -2.09. The lowest BCUT2D eigenvalue weighted by Crippen LogP contribution is -2.13. The van der Waals surface area contributed by atoms with Gasteiger partial charge in [0.05, 0.1) is 11.7 Å². The molecule has 1 aliphatic heterocycles. The third-order valence-electron chi connectivity index (χ3n) is 2.89. The van der Waals surface area contributed by atoms with Crippen LogP contribution in [0.5, 0.6) is 0 Å². The van der Waals surface area contributed by atoms with Crippen LogP contribution in [0.2, 0.25) is 0 Å². The molecule has 1 saturated heterocycles. The molecule has 2 rings (SSSR count). The normalized spacial score (nSPS) is 23.2. The summed E-state index contributed by atoms with van der Waals surface area (Å²) in [7, 11) is 1.75. The van der Waals surface area contributed by atoms with E-state index >= 15 is 0 Å². The molecule has 3 nitrogen and oxygen atoms in total. The Labute approximate surface area is 94.9 Å². The lowest BCUT2D eigenvalue weighted by atomic mass is 10.2. The van der Waals surface area contributed by atoms with Crippen LogP contribution in [0.1, 0.15) is 49.0 Å². The van der Waals surface area contributed by atoms with Crippen LogP contribution >= 0.6 is 11.3 Å². The van der Waals surface area contributed by atoms with Gasteiger partial charge in [0.2, 0.25) is 0 Å². The van der Waals surface area contributed by atoms with E-state index in [4.69, 9.17) is 4.74 Å². The molecule has 1 aromatic heterocycles. The third-order valence-corrected chi connectivity index (χ3v) is 3.84. The van der Waals surface area contributed by atoms with Crippen LogP contribution in [-0.2, 0) is 4.74 Å². The SMILES string of the molecule is CCC(OC)c1nc(C2CCCN2)cs1. The minimum absolute atomic E-state index is 0.171. The maximum atomic E-state index is 5.39. The highest BCUT2D eigenvalue weighted by molar-refractivity contribution is 7.09. The van der Waals surface area contributed by atoms with Crippen LogP contribution in [0.4, 0.5) is 0 Å². The van der Waals surface area contributed by atoms with Crippen molar-refractivity contribution in [2.24, 2.45) is 0 Å². The summed E-state index contributed by atoms with van der Waals surface area (Å²) in [5.41, 5.74) is 1.20. The highest BCUT2D eigenvalue weighted by Gasteiger charge is 2.20. The average Bonchev–Trinajstić information content (AvgIpc) is 2.89. The van der Waals surface area contributed by atoms with Crippen LogP contribution in [0, 0.1) is 0 Å². The van der Waals surface area contributed by atoms with E-state index in [0.29, 0.717) is 6.04 Å². The summed E-state index contributed by atoms with van der Waals surface area (Å²) in [6, 6.07) is 0.476. The van der Waals surface area contributed by atoms with Crippen molar-refractivity contribution in [2.75, 3.05) is 13.7 Å². The van der Waals surface area contributed by atoms with Gasteiger partial charge >= 0.3 is 0 Å². The number of hydrogen-bond donors (Lipinski definition) is 1. The Balaban J connectivity index is 2.08. The standard InChI is InChI=1S/C11H18N2OS/c1-3-10(14-2)11-13-9(7-15-11)8-5-4-6-12-8/h7-8,10,12H,3-6H2,1-2H3. The molecule has 2 atom stereocenters. The van der Waals surface area contributed by atoms with Crippen LogP contribution in [0.3, 0.4) is 0 Å². The van der Waals surface area contributed by atoms with E-state index in [2.05, 4.69) is 22.6 Å². The highest BCUT2D eigenvalue weighted by Crippen LogP contribution is 2.29. The van der Waals surface area contributed by atoms with E-state index in [1.54, 1.807) is 18.4 Å². The summed E-state index contributed by atoms with van der Waals surface area (Å²) >= 11 is 1.72. The zero-order valence-corrected chi connectivity index (χ0v) is 10.1. The zero-order valence-electron chi connectivity index (χ0n) is 9.32. The predicted octanol–water partition coefficient (Wildman–Crippen LogP) is 2.67. The van der Waals surface area contributed by atoms with Crippen LogP contribution < -0.4 is 5.32 Å². The van der Waals surface area contributed by atoms with Crippen LogP contribution in [-0.4, -0.2) is 18.6 Å². The van der Waals surface area contributed by atoms with Crippen molar-refractivity contribution in [3.05, 3.63) is 16.1 Å². The molecule has 4 heteroatoms. The van der Waals surface area contributed by atoms with Gasteiger partial charge in [-0.15, -0.1) is 11.3 Å². The Bertz CT molecular complexity index is 287. The molecule has 1 aromatic rings. The number of nitrogens with zero attached hydrogens (tertiary/aromatic N) is 1. The molecule has 84 valence electrons. The minimum atomic E-state index is 0.171. The van der Waals surface area contributed by atoms with Gasteiger partial charge < -0.3 is 10.1 Å². The van der Waals surface area contributed by atoms with Crippen molar-refractivity contribution in [1.29, 1.82) is 0 Å². The molecule has 1 fully saturated rings. The molecule has 1 N–H and O–H groups in total. The third kappa shape index (κ3) is 2.38. The van der Waals surface area contributed by atoms with E-state index in [0.717, 1.165) is 18.0 Å². The van der Waals surface area contributed by atoms with E-state index in [9.17, 15) is 0 Å². The molecule has 2 unspecified atom stereocenters. The maximum absolute atomic E-state index is 5.39. The van der Waals surface area contributed by atoms with Gasteiger partial charge in [0, 0.05) is 12.5 Å². The van der Waals surface area contributed by atoms with Gasteiger partial charge in [0.15, 0.2) is 0 Å². The number of aromatic nitrogens is 1. The average molecular weight is 226 g/mol.